The van der Waals surface area contributed by atoms with Crippen molar-refractivity contribution < 1.29 is 0 Å². The Morgan fingerprint density at radius 2 is 2.50 bits per heavy atom. The summed E-state index contributed by atoms with van der Waals surface area (Å²) >= 11 is 5.63. The van der Waals surface area contributed by atoms with Crippen LogP contribution >= 0.6 is 11.6 Å². The van der Waals surface area contributed by atoms with Gasteiger partial charge in [-0.3, -0.25) is 0 Å². The van der Waals surface area contributed by atoms with Crippen LogP contribution in [0.2, 0.25) is 0 Å². The third-order valence-electron chi connectivity index (χ3n) is 1.87. The first kappa shape index (κ1) is 11.3. The van der Waals surface area contributed by atoms with Crippen LogP contribution < -0.4 is 5.32 Å². The van der Waals surface area contributed by atoms with Crippen molar-refractivity contribution >= 4 is 11.6 Å². The fraction of sp³-hybridized carbons (Fsp3) is 0.500. The Morgan fingerprint density at radius 1 is 1.71 bits per heavy atom. The molecule has 0 aliphatic rings. The molecule has 0 aliphatic carbocycles. The van der Waals surface area contributed by atoms with Gasteiger partial charge in [0.2, 0.25) is 0 Å². The molecule has 1 aromatic rings. The number of aryl methyl sites for hydroxylation is 1. The maximum absolute atomic E-state index is 5.63. The van der Waals surface area contributed by atoms with Gasteiger partial charge >= 0.3 is 0 Å². The van der Waals surface area contributed by atoms with Crippen molar-refractivity contribution in [1.82, 2.24) is 14.9 Å². The van der Waals surface area contributed by atoms with Crippen LogP contribution in [0.3, 0.4) is 0 Å². The second-order valence-electron chi connectivity index (χ2n) is 3.16. The summed E-state index contributed by atoms with van der Waals surface area (Å²) in [5.74, 6) is 1.05. The molecule has 0 bridgehead atoms. The number of halogens is 1. The lowest BCUT2D eigenvalue weighted by Gasteiger charge is -2.06. The Labute approximate surface area is 89.8 Å². The van der Waals surface area contributed by atoms with Gasteiger partial charge in [0.25, 0.3) is 0 Å². The Kier molecular flexibility index (Phi) is 4.70. The van der Waals surface area contributed by atoms with Crippen molar-refractivity contribution in [1.29, 1.82) is 0 Å². The second-order valence-corrected chi connectivity index (χ2v) is 3.69. The number of hydrogen-bond acceptors (Lipinski definition) is 2. The number of rotatable bonds is 6. The lowest BCUT2D eigenvalue weighted by atomic mass is 10.4. The second kappa shape index (κ2) is 5.83. The summed E-state index contributed by atoms with van der Waals surface area (Å²) in [6, 6.07) is 0. The lowest BCUT2D eigenvalue weighted by Crippen LogP contribution is -2.18. The fourth-order valence-corrected chi connectivity index (χ4v) is 1.36. The monoisotopic (exact) mass is 213 g/mol. The van der Waals surface area contributed by atoms with E-state index in [0.717, 1.165) is 25.3 Å². The zero-order chi connectivity index (χ0) is 10.4. The molecule has 0 fully saturated rings. The van der Waals surface area contributed by atoms with E-state index in [4.69, 9.17) is 11.6 Å². The highest BCUT2D eigenvalue weighted by atomic mass is 35.5. The van der Waals surface area contributed by atoms with E-state index in [1.165, 1.54) is 0 Å². The molecule has 0 saturated carbocycles. The Balaban J connectivity index is 2.41. The number of imidazole rings is 1. The van der Waals surface area contributed by atoms with E-state index in [-0.39, 0.29) is 0 Å². The molecular weight excluding hydrogens is 198 g/mol. The number of nitrogens with zero attached hydrogens (tertiary/aromatic N) is 2. The van der Waals surface area contributed by atoms with Crippen LogP contribution in [-0.2, 0) is 13.1 Å². The standard InChI is InChI=1S/C10H16ClN3/c1-3-5-14-6-4-13-10(14)8-12-7-9(2)11/h4,6,12H,2-3,5,7-8H2,1H3. The first-order valence-electron chi connectivity index (χ1n) is 4.78. The molecule has 3 nitrogen and oxygen atoms in total. The summed E-state index contributed by atoms with van der Waals surface area (Å²) in [5.41, 5.74) is 0. The largest absolute Gasteiger partial charge is 0.334 e. The minimum Gasteiger partial charge on any atom is -0.334 e. The van der Waals surface area contributed by atoms with Gasteiger partial charge in [-0.25, -0.2) is 4.98 Å². The van der Waals surface area contributed by atoms with Crippen LogP contribution in [0.5, 0.6) is 0 Å². The van der Waals surface area contributed by atoms with Crippen molar-refractivity contribution in [2.45, 2.75) is 26.4 Å². The van der Waals surface area contributed by atoms with Gasteiger partial charge in [-0.05, 0) is 6.42 Å². The summed E-state index contributed by atoms with van der Waals surface area (Å²) in [7, 11) is 0. The van der Waals surface area contributed by atoms with Crippen LogP contribution in [0.25, 0.3) is 0 Å². The first-order chi connectivity index (χ1) is 6.74. The van der Waals surface area contributed by atoms with Crippen molar-refractivity contribution in [3.8, 4) is 0 Å². The number of hydrogen-bond donors (Lipinski definition) is 1. The smallest absolute Gasteiger partial charge is 0.122 e. The van der Waals surface area contributed by atoms with Gasteiger partial charge < -0.3 is 9.88 Å². The summed E-state index contributed by atoms with van der Waals surface area (Å²) in [6.45, 7) is 8.13. The third-order valence-corrected chi connectivity index (χ3v) is 2.00. The fourth-order valence-electron chi connectivity index (χ4n) is 1.26. The van der Waals surface area contributed by atoms with Gasteiger partial charge in [-0.1, -0.05) is 25.1 Å². The number of nitrogens with one attached hydrogen (secondary N) is 1. The highest BCUT2D eigenvalue weighted by Crippen LogP contribution is 2.00. The molecule has 0 spiro atoms. The average Bonchev–Trinajstić information content (AvgIpc) is 2.53. The zero-order valence-electron chi connectivity index (χ0n) is 8.46. The van der Waals surface area contributed by atoms with E-state index in [1.54, 1.807) is 0 Å². The normalized spacial score (nSPS) is 10.4. The molecule has 0 aliphatic heterocycles. The first-order valence-corrected chi connectivity index (χ1v) is 5.15. The van der Waals surface area contributed by atoms with Crippen molar-refractivity contribution in [2.24, 2.45) is 0 Å². The van der Waals surface area contributed by atoms with Gasteiger partial charge in [-0.15, -0.1) is 0 Å². The maximum atomic E-state index is 5.63. The highest BCUT2D eigenvalue weighted by molar-refractivity contribution is 6.29. The van der Waals surface area contributed by atoms with Crippen molar-refractivity contribution in [3.05, 3.63) is 29.8 Å². The van der Waals surface area contributed by atoms with E-state index in [0.29, 0.717) is 11.6 Å². The SMILES string of the molecule is C=C(Cl)CNCc1nccn1CCC. The van der Waals surface area contributed by atoms with Gasteiger partial charge in [0.15, 0.2) is 0 Å². The predicted molar refractivity (Wildman–Crippen MR) is 59.2 cm³/mol. The maximum Gasteiger partial charge on any atom is 0.122 e. The van der Waals surface area contributed by atoms with Crippen LogP contribution in [0, 0.1) is 0 Å². The summed E-state index contributed by atoms with van der Waals surface area (Å²) in [5, 5.41) is 3.79. The van der Waals surface area contributed by atoms with Crippen LogP contribution in [0.4, 0.5) is 0 Å². The molecule has 1 heterocycles. The van der Waals surface area contributed by atoms with Crippen molar-refractivity contribution in [3.63, 3.8) is 0 Å². The van der Waals surface area contributed by atoms with Gasteiger partial charge in [0, 0.05) is 30.5 Å². The van der Waals surface area contributed by atoms with E-state index in [9.17, 15) is 0 Å². The Hall–Kier alpha value is -0.800. The van der Waals surface area contributed by atoms with Crippen molar-refractivity contribution in [2.75, 3.05) is 6.54 Å². The van der Waals surface area contributed by atoms with Gasteiger partial charge in [0.1, 0.15) is 5.82 Å². The van der Waals surface area contributed by atoms with E-state index in [2.05, 4.69) is 28.4 Å². The van der Waals surface area contributed by atoms with Gasteiger partial charge in [-0.2, -0.15) is 0 Å². The molecule has 0 amide bonds. The Morgan fingerprint density at radius 3 is 3.14 bits per heavy atom. The Bertz CT molecular complexity index is 293. The molecule has 14 heavy (non-hydrogen) atoms. The predicted octanol–water partition coefficient (Wildman–Crippen LogP) is 2.14. The molecule has 0 unspecified atom stereocenters. The molecule has 0 atom stereocenters. The minimum atomic E-state index is 0.624. The quantitative estimate of drug-likeness (QED) is 0.785. The molecule has 0 saturated heterocycles. The van der Waals surface area contributed by atoms with Crippen LogP contribution in [0.1, 0.15) is 19.2 Å². The van der Waals surface area contributed by atoms with Crippen LogP contribution in [0.15, 0.2) is 24.0 Å². The summed E-state index contributed by atoms with van der Waals surface area (Å²) in [4.78, 5) is 4.26. The highest BCUT2D eigenvalue weighted by Gasteiger charge is 2.00. The average molecular weight is 214 g/mol. The molecule has 0 aromatic carbocycles. The van der Waals surface area contributed by atoms with E-state index < -0.39 is 0 Å². The summed E-state index contributed by atoms with van der Waals surface area (Å²) in [6.07, 6.45) is 4.93. The van der Waals surface area contributed by atoms with Gasteiger partial charge in [0.05, 0.1) is 6.54 Å². The third kappa shape index (κ3) is 3.52. The molecule has 1 N–H and O–H groups in total. The van der Waals surface area contributed by atoms with E-state index >= 15 is 0 Å². The lowest BCUT2D eigenvalue weighted by molar-refractivity contribution is 0.605. The minimum absolute atomic E-state index is 0.624. The topological polar surface area (TPSA) is 29.9 Å². The molecular formula is C10H16ClN3. The summed E-state index contributed by atoms with van der Waals surface area (Å²) < 4.78 is 2.14. The van der Waals surface area contributed by atoms with E-state index in [1.807, 2.05) is 12.4 Å². The molecule has 1 rings (SSSR count). The molecule has 0 radical (unpaired) electrons. The zero-order valence-corrected chi connectivity index (χ0v) is 9.22. The van der Waals surface area contributed by atoms with Crippen LogP contribution in [-0.4, -0.2) is 16.1 Å². The molecule has 1 aromatic heterocycles. The molecule has 78 valence electrons. The number of aromatic nitrogens is 2. The molecule has 4 heteroatoms.